The summed E-state index contributed by atoms with van der Waals surface area (Å²) in [5.41, 5.74) is 2.34. The topological polar surface area (TPSA) is 97.2 Å². The van der Waals surface area contributed by atoms with Gasteiger partial charge in [-0.15, -0.1) is 0 Å². The van der Waals surface area contributed by atoms with Crippen molar-refractivity contribution in [3.05, 3.63) is 77.5 Å². The van der Waals surface area contributed by atoms with E-state index in [9.17, 15) is 9.90 Å². The molecule has 0 spiro atoms. The molecule has 170 valence electrons. The SMILES string of the molecule is CC(C)(C)C(C)(O)c1ccc(CNC(=O)c2cccnc2Oc2ccc3nsnc3c2)cc1. The number of pyridine rings is 1. The predicted molar refractivity (Wildman–Crippen MR) is 128 cm³/mol. The number of ether oxygens (including phenoxy) is 1. The Morgan fingerprint density at radius 2 is 1.76 bits per heavy atom. The summed E-state index contributed by atoms with van der Waals surface area (Å²) in [6, 6.07) is 16.3. The molecule has 0 aliphatic carbocycles. The third kappa shape index (κ3) is 4.86. The molecule has 0 saturated heterocycles. The van der Waals surface area contributed by atoms with Gasteiger partial charge < -0.3 is 15.2 Å². The summed E-state index contributed by atoms with van der Waals surface area (Å²) < 4.78 is 14.3. The second kappa shape index (κ2) is 8.88. The molecule has 33 heavy (non-hydrogen) atoms. The minimum absolute atomic E-state index is 0.217. The minimum atomic E-state index is -0.964. The number of hydrogen-bond donors (Lipinski definition) is 2. The third-order valence-electron chi connectivity index (χ3n) is 5.89. The van der Waals surface area contributed by atoms with Crippen molar-refractivity contribution in [2.75, 3.05) is 0 Å². The summed E-state index contributed by atoms with van der Waals surface area (Å²) in [6.07, 6.45) is 1.58. The monoisotopic (exact) mass is 462 g/mol. The lowest BCUT2D eigenvalue weighted by Gasteiger charge is -2.37. The number of carbonyl (C=O) groups excluding carboxylic acids is 1. The molecule has 7 nitrogen and oxygen atoms in total. The number of rotatable bonds is 6. The van der Waals surface area contributed by atoms with Crippen LogP contribution in [-0.4, -0.2) is 24.7 Å². The fourth-order valence-corrected chi connectivity index (χ4v) is 3.76. The molecule has 2 N–H and O–H groups in total. The van der Waals surface area contributed by atoms with Gasteiger partial charge in [-0.2, -0.15) is 8.75 Å². The standard InChI is InChI=1S/C25H26N4O3S/c1-24(2,3)25(4,31)17-9-7-16(8-10-17)15-27-22(30)19-6-5-13-26-23(19)32-18-11-12-20-21(14-18)29-33-28-20/h5-14,31H,15H2,1-4H3,(H,27,30). The Balaban J connectivity index is 1.45. The van der Waals surface area contributed by atoms with Gasteiger partial charge in [0.25, 0.3) is 5.91 Å². The number of benzene rings is 2. The van der Waals surface area contributed by atoms with Crippen LogP contribution in [0.3, 0.4) is 0 Å². The van der Waals surface area contributed by atoms with Crippen LogP contribution < -0.4 is 10.1 Å². The van der Waals surface area contributed by atoms with E-state index in [4.69, 9.17) is 4.74 Å². The first-order valence-corrected chi connectivity index (χ1v) is 11.3. The lowest BCUT2D eigenvalue weighted by molar-refractivity contribution is -0.0470. The highest BCUT2D eigenvalue weighted by Gasteiger charge is 2.36. The molecule has 8 heteroatoms. The van der Waals surface area contributed by atoms with Gasteiger partial charge in [0.15, 0.2) is 0 Å². The van der Waals surface area contributed by atoms with Crippen LogP contribution in [0.4, 0.5) is 0 Å². The molecule has 1 amide bonds. The van der Waals surface area contributed by atoms with E-state index in [1.165, 1.54) is 0 Å². The minimum Gasteiger partial charge on any atom is -0.438 e. The van der Waals surface area contributed by atoms with E-state index in [0.29, 0.717) is 17.9 Å². The predicted octanol–water partition coefficient (Wildman–Crippen LogP) is 5.06. The number of nitrogens with zero attached hydrogens (tertiary/aromatic N) is 3. The van der Waals surface area contributed by atoms with Crippen molar-refractivity contribution in [2.24, 2.45) is 5.41 Å². The van der Waals surface area contributed by atoms with Gasteiger partial charge in [-0.3, -0.25) is 4.79 Å². The van der Waals surface area contributed by atoms with Crippen LogP contribution in [0.2, 0.25) is 0 Å². The lowest BCUT2D eigenvalue weighted by atomic mass is 9.73. The number of carbonyl (C=O) groups is 1. The van der Waals surface area contributed by atoms with E-state index in [2.05, 4.69) is 19.0 Å². The zero-order chi connectivity index (χ0) is 23.6. The number of aliphatic hydroxyl groups is 1. The van der Waals surface area contributed by atoms with E-state index in [1.54, 1.807) is 30.5 Å². The Morgan fingerprint density at radius 3 is 2.48 bits per heavy atom. The Kier molecular flexibility index (Phi) is 6.14. The van der Waals surface area contributed by atoms with E-state index < -0.39 is 5.60 Å². The summed E-state index contributed by atoms with van der Waals surface area (Å²) in [6.45, 7) is 8.15. The van der Waals surface area contributed by atoms with Crippen LogP contribution in [0.25, 0.3) is 11.0 Å². The number of aromatic nitrogens is 3. The first-order valence-electron chi connectivity index (χ1n) is 10.6. The molecule has 2 heterocycles. The molecule has 2 aromatic heterocycles. The molecule has 0 fully saturated rings. The molecule has 1 atom stereocenters. The van der Waals surface area contributed by atoms with Crippen molar-refractivity contribution >= 4 is 28.7 Å². The van der Waals surface area contributed by atoms with E-state index in [-0.39, 0.29) is 17.2 Å². The van der Waals surface area contributed by atoms with Crippen LogP contribution in [0, 0.1) is 5.41 Å². The second-order valence-electron chi connectivity index (χ2n) is 9.07. The quantitative estimate of drug-likeness (QED) is 0.416. The molecule has 4 rings (SSSR count). The molecule has 2 aromatic carbocycles. The Hall–Kier alpha value is -3.36. The fourth-order valence-electron chi connectivity index (χ4n) is 3.24. The maximum atomic E-state index is 12.9. The summed E-state index contributed by atoms with van der Waals surface area (Å²) in [5.74, 6) is 0.457. The second-order valence-corrected chi connectivity index (χ2v) is 9.60. The van der Waals surface area contributed by atoms with E-state index in [1.807, 2.05) is 58.0 Å². The van der Waals surface area contributed by atoms with Crippen LogP contribution in [0.5, 0.6) is 11.6 Å². The van der Waals surface area contributed by atoms with Gasteiger partial charge in [0.2, 0.25) is 5.88 Å². The molecule has 4 aromatic rings. The van der Waals surface area contributed by atoms with Gasteiger partial charge in [-0.1, -0.05) is 45.0 Å². The highest BCUT2D eigenvalue weighted by molar-refractivity contribution is 7.00. The maximum absolute atomic E-state index is 12.9. The van der Waals surface area contributed by atoms with E-state index >= 15 is 0 Å². The Morgan fingerprint density at radius 1 is 1.03 bits per heavy atom. The molecule has 0 aliphatic heterocycles. The van der Waals surface area contributed by atoms with Crippen molar-refractivity contribution in [1.29, 1.82) is 0 Å². The van der Waals surface area contributed by atoms with E-state index in [0.717, 1.165) is 33.9 Å². The number of hydrogen-bond acceptors (Lipinski definition) is 7. The zero-order valence-corrected chi connectivity index (χ0v) is 19.8. The first-order chi connectivity index (χ1) is 15.6. The molecular weight excluding hydrogens is 436 g/mol. The molecular formula is C25H26N4O3S. The van der Waals surface area contributed by atoms with Gasteiger partial charge in [0.1, 0.15) is 22.3 Å². The average molecular weight is 463 g/mol. The summed E-state index contributed by atoms with van der Waals surface area (Å²) >= 11 is 1.13. The summed E-state index contributed by atoms with van der Waals surface area (Å²) in [4.78, 5) is 17.1. The third-order valence-corrected chi connectivity index (χ3v) is 6.44. The average Bonchev–Trinajstić information content (AvgIpc) is 3.25. The van der Waals surface area contributed by atoms with Crippen molar-refractivity contribution in [2.45, 2.75) is 39.8 Å². The normalized spacial score (nSPS) is 13.5. The Labute approximate surface area is 196 Å². The van der Waals surface area contributed by atoms with Crippen LogP contribution >= 0.6 is 11.7 Å². The zero-order valence-electron chi connectivity index (χ0n) is 19.0. The number of nitrogens with one attached hydrogen (secondary N) is 1. The molecule has 0 radical (unpaired) electrons. The van der Waals surface area contributed by atoms with Gasteiger partial charge >= 0.3 is 0 Å². The summed E-state index contributed by atoms with van der Waals surface area (Å²) in [5, 5.41) is 13.8. The van der Waals surface area contributed by atoms with Crippen LogP contribution in [0.1, 0.15) is 49.2 Å². The number of fused-ring (bicyclic) bond motifs is 1. The van der Waals surface area contributed by atoms with Crippen molar-refractivity contribution < 1.29 is 14.6 Å². The summed E-state index contributed by atoms with van der Waals surface area (Å²) in [7, 11) is 0. The lowest BCUT2D eigenvalue weighted by Crippen LogP contribution is -2.36. The van der Waals surface area contributed by atoms with Gasteiger partial charge in [0.05, 0.1) is 17.3 Å². The molecule has 0 bridgehead atoms. The molecule has 0 aliphatic rings. The van der Waals surface area contributed by atoms with Gasteiger partial charge in [-0.25, -0.2) is 4.98 Å². The first kappa shape index (κ1) is 22.8. The van der Waals surface area contributed by atoms with Crippen LogP contribution in [0.15, 0.2) is 60.8 Å². The Bertz CT molecular complexity index is 1280. The molecule has 1 unspecified atom stereocenters. The maximum Gasteiger partial charge on any atom is 0.257 e. The smallest absolute Gasteiger partial charge is 0.257 e. The highest BCUT2D eigenvalue weighted by atomic mass is 32.1. The highest BCUT2D eigenvalue weighted by Crippen LogP contribution is 2.38. The van der Waals surface area contributed by atoms with Crippen molar-refractivity contribution in [1.82, 2.24) is 19.0 Å². The van der Waals surface area contributed by atoms with Gasteiger partial charge in [0, 0.05) is 18.8 Å². The number of amides is 1. The van der Waals surface area contributed by atoms with Gasteiger partial charge in [-0.05, 0) is 47.7 Å². The fraction of sp³-hybridized carbons (Fsp3) is 0.280. The van der Waals surface area contributed by atoms with Crippen LogP contribution in [-0.2, 0) is 12.1 Å². The largest absolute Gasteiger partial charge is 0.438 e. The van der Waals surface area contributed by atoms with Crippen molar-refractivity contribution in [3.63, 3.8) is 0 Å². The molecule has 0 saturated carbocycles. The van der Waals surface area contributed by atoms with Crippen molar-refractivity contribution in [3.8, 4) is 11.6 Å².